The normalized spacial score (nSPS) is 13.5. The molecular weight excluding hydrogens is 232 g/mol. The first-order valence-corrected chi connectivity index (χ1v) is 5.28. The van der Waals surface area contributed by atoms with Gasteiger partial charge in [-0.2, -0.15) is 0 Å². The molecule has 0 aliphatic carbocycles. The Morgan fingerprint density at radius 2 is 2.25 bits per heavy atom. The van der Waals surface area contributed by atoms with Crippen molar-refractivity contribution in [2.45, 2.75) is 26.1 Å². The highest BCUT2D eigenvalue weighted by Gasteiger charge is 2.25. The van der Waals surface area contributed by atoms with Crippen LogP contribution < -0.4 is 11.1 Å². The number of nitrogens with two attached hydrogens (primary N) is 1. The van der Waals surface area contributed by atoms with Crippen molar-refractivity contribution >= 4 is 23.5 Å². The zero-order valence-electron chi connectivity index (χ0n) is 9.45. The third kappa shape index (κ3) is 3.10. The largest absolute Gasteiger partial charge is 0.407 e. The van der Waals surface area contributed by atoms with Crippen LogP contribution in [0.2, 0.25) is 0 Å². The molecule has 0 fully saturated rings. The molecule has 1 atom stereocenters. The Balaban J connectivity index is 2.58. The van der Waals surface area contributed by atoms with Gasteiger partial charge in [0.15, 0.2) is 0 Å². The predicted molar refractivity (Wildman–Crippen MR) is 60.0 cm³/mol. The smallest absolute Gasteiger partial charge is 0.315 e. The molecule has 1 rings (SSSR count). The van der Waals surface area contributed by atoms with Gasteiger partial charge in [0.1, 0.15) is 5.38 Å². The molecule has 1 aromatic rings. The first-order chi connectivity index (χ1) is 7.33. The Bertz CT molecular complexity index is 375. The van der Waals surface area contributed by atoms with E-state index >= 15 is 0 Å². The van der Waals surface area contributed by atoms with Gasteiger partial charge in [0.05, 0.1) is 5.41 Å². The fourth-order valence-corrected chi connectivity index (χ4v) is 0.939. The van der Waals surface area contributed by atoms with Gasteiger partial charge in [-0.15, -0.1) is 16.7 Å². The van der Waals surface area contributed by atoms with Crippen LogP contribution in [0.25, 0.3) is 0 Å². The number of aromatic nitrogens is 2. The van der Waals surface area contributed by atoms with E-state index in [1.54, 1.807) is 20.8 Å². The number of carbonyl (C=O) groups is 1. The van der Waals surface area contributed by atoms with Gasteiger partial charge in [-0.25, -0.2) is 0 Å². The van der Waals surface area contributed by atoms with Crippen LogP contribution in [0.15, 0.2) is 4.42 Å². The number of rotatable bonds is 5. The van der Waals surface area contributed by atoms with Crippen molar-refractivity contribution in [2.75, 3.05) is 11.9 Å². The van der Waals surface area contributed by atoms with Crippen LogP contribution in [0, 0.1) is 5.41 Å². The minimum Gasteiger partial charge on any atom is -0.407 e. The van der Waals surface area contributed by atoms with Gasteiger partial charge in [0, 0.05) is 6.54 Å². The van der Waals surface area contributed by atoms with E-state index in [0.29, 0.717) is 12.4 Å². The number of amides is 1. The average molecular weight is 247 g/mol. The highest BCUT2D eigenvalue weighted by atomic mass is 35.5. The molecule has 0 saturated heterocycles. The van der Waals surface area contributed by atoms with Crippen molar-refractivity contribution in [1.82, 2.24) is 10.2 Å². The van der Waals surface area contributed by atoms with Crippen molar-refractivity contribution in [3.63, 3.8) is 0 Å². The number of nitrogens with one attached hydrogen (secondary N) is 1. The molecule has 6 nitrogen and oxygen atoms in total. The number of halogens is 1. The lowest BCUT2D eigenvalue weighted by Gasteiger charge is -2.19. The Morgan fingerprint density at radius 1 is 1.62 bits per heavy atom. The number of alkyl halides is 1. The summed E-state index contributed by atoms with van der Waals surface area (Å²) in [6.07, 6.45) is 0. The summed E-state index contributed by atoms with van der Waals surface area (Å²) in [6.45, 7) is 5.50. The molecule has 1 aromatic heterocycles. The van der Waals surface area contributed by atoms with Crippen LogP contribution in [0.5, 0.6) is 0 Å². The topological polar surface area (TPSA) is 94.0 Å². The maximum atomic E-state index is 11.1. The summed E-state index contributed by atoms with van der Waals surface area (Å²) in [5, 5.41) is 9.97. The second kappa shape index (κ2) is 4.69. The van der Waals surface area contributed by atoms with E-state index in [9.17, 15) is 4.79 Å². The zero-order chi connectivity index (χ0) is 12.3. The van der Waals surface area contributed by atoms with Crippen LogP contribution in [0.3, 0.4) is 0 Å². The summed E-state index contributed by atoms with van der Waals surface area (Å²) in [5.41, 5.74) is 4.54. The van der Waals surface area contributed by atoms with Gasteiger partial charge in [0.25, 0.3) is 0 Å². The summed E-state index contributed by atoms with van der Waals surface area (Å²) in [5.74, 6) is -0.0634. The first kappa shape index (κ1) is 12.8. The summed E-state index contributed by atoms with van der Waals surface area (Å²) in [6, 6.07) is 0.233. The van der Waals surface area contributed by atoms with Crippen molar-refractivity contribution in [2.24, 2.45) is 11.1 Å². The molecule has 0 spiro atoms. The molecule has 0 saturated carbocycles. The molecule has 16 heavy (non-hydrogen) atoms. The van der Waals surface area contributed by atoms with Gasteiger partial charge < -0.3 is 15.5 Å². The van der Waals surface area contributed by atoms with E-state index in [1.165, 1.54) is 0 Å². The molecule has 0 radical (unpaired) electrons. The molecule has 1 unspecified atom stereocenters. The predicted octanol–water partition coefficient (Wildman–Crippen LogP) is 1.29. The van der Waals surface area contributed by atoms with Crippen molar-refractivity contribution in [3.8, 4) is 0 Å². The fourth-order valence-electron chi connectivity index (χ4n) is 0.850. The van der Waals surface area contributed by atoms with E-state index < -0.39 is 11.3 Å². The zero-order valence-corrected chi connectivity index (χ0v) is 10.2. The molecule has 3 N–H and O–H groups in total. The minimum atomic E-state index is -0.679. The number of nitrogens with zero attached hydrogens (tertiary/aromatic N) is 2. The second-order valence-corrected chi connectivity index (χ2v) is 4.82. The van der Waals surface area contributed by atoms with Gasteiger partial charge in [-0.05, 0) is 20.8 Å². The number of carbonyl (C=O) groups excluding carboxylic acids is 1. The van der Waals surface area contributed by atoms with Crippen LogP contribution in [0.4, 0.5) is 6.01 Å². The molecule has 7 heteroatoms. The lowest BCUT2D eigenvalue weighted by atomic mass is 9.93. The highest BCUT2D eigenvalue weighted by molar-refractivity contribution is 6.20. The monoisotopic (exact) mass is 246 g/mol. The van der Waals surface area contributed by atoms with Gasteiger partial charge in [0.2, 0.25) is 11.8 Å². The van der Waals surface area contributed by atoms with E-state index in [1.807, 2.05) is 0 Å². The van der Waals surface area contributed by atoms with Crippen molar-refractivity contribution in [1.29, 1.82) is 0 Å². The maximum Gasteiger partial charge on any atom is 0.315 e. The molecule has 0 aromatic carbocycles. The summed E-state index contributed by atoms with van der Waals surface area (Å²) >= 11 is 5.76. The van der Waals surface area contributed by atoms with E-state index in [0.717, 1.165) is 0 Å². The lowest BCUT2D eigenvalue weighted by molar-refractivity contribution is -0.125. The third-order valence-corrected chi connectivity index (χ3v) is 2.32. The lowest BCUT2D eigenvalue weighted by Crippen LogP contribution is -2.37. The van der Waals surface area contributed by atoms with E-state index in [2.05, 4.69) is 15.5 Å². The molecule has 1 amide bonds. The average Bonchev–Trinajstić information content (AvgIpc) is 2.63. The second-order valence-electron chi connectivity index (χ2n) is 4.16. The number of primary amides is 1. The van der Waals surface area contributed by atoms with E-state index in [-0.39, 0.29) is 11.4 Å². The fraction of sp³-hybridized carbons (Fsp3) is 0.667. The molecule has 0 aliphatic heterocycles. The summed E-state index contributed by atoms with van der Waals surface area (Å²) in [4.78, 5) is 11.1. The van der Waals surface area contributed by atoms with Gasteiger partial charge in [-0.3, -0.25) is 4.79 Å². The standard InChI is InChI=1S/C9H15ClN4O2/c1-5(10)6-13-14-8(16-6)12-4-9(2,3)7(11)15/h5H,4H2,1-3H3,(H2,11,15)(H,12,14). The molecule has 1 heterocycles. The maximum absolute atomic E-state index is 11.1. The molecular formula is C9H15ClN4O2. The van der Waals surface area contributed by atoms with Gasteiger partial charge in [-0.1, -0.05) is 5.10 Å². The Morgan fingerprint density at radius 3 is 2.69 bits per heavy atom. The highest BCUT2D eigenvalue weighted by Crippen LogP contribution is 2.20. The quantitative estimate of drug-likeness (QED) is 0.764. The first-order valence-electron chi connectivity index (χ1n) is 4.84. The summed E-state index contributed by atoms with van der Waals surface area (Å²) < 4.78 is 5.20. The SMILES string of the molecule is CC(Cl)c1nnc(NCC(C)(C)C(N)=O)o1. The number of hydrogen-bond donors (Lipinski definition) is 2. The molecule has 0 bridgehead atoms. The molecule has 0 aliphatic rings. The van der Waals surface area contributed by atoms with Crippen LogP contribution in [-0.2, 0) is 4.79 Å². The van der Waals surface area contributed by atoms with Crippen LogP contribution in [-0.4, -0.2) is 22.6 Å². The van der Waals surface area contributed by atoms with Gasteiger partial charge >= 0.3 is 6.01 Å². The Kier molecular flexibility index (Phi) is 3.74. The minimum absolute atomic E-state index is 0.233. The van der Waals surface area contributed by atoms with Crippen LogP contribution >= 0.6 is 11.6 Å². The Labute approximate surface area is 98.5 Å². The molecule has 90 valence electrons. The van der Waals surface area contributed by atoms with Crippen molar-refractivity contribution in [3.05, 3.63) is 5.89 Å². The summed E-state index contributed by atoms with van der Waals surface area (Å²) in [7, 11) is 0. The third-order valence-electron chi connectivity index (χ3n) is 2.13. The number of anilines is 1. The van der Waals surface area contributed by atoms with Crippen LogP contribution in [0.1, 0.15) is 32.0 Å². The Hall–Kier alpha value is -1.30. The number of hydrogen-bond acceptors (Lipinski definition) is 5. The van der Waals surface area contributed by atoms with E-state index in [4.69, 9.17) is 21.8 Å². The van der Waals surface area contributed by atoms with Crippen molar-refractivity contribution < 1.29 is 9.21 Å².